The lowest BCUT2D eigenvalue weighted by Gasteiger charge is -1.96. The molecule has 0 saturated carbocycles. The van der Waals surface area contributed by atoms with Gasteiger partial charge in [0.2, 0.25) is 0 Å². The van der Waals surface area contributed by atoms with Gasteiger partial charge in [-0.05, 0) is 18.2 Å². The van der Waals surface area contributed by atoms with E-state index >= 15 is 0 Å². The van der Waals surface area contributed by atoms with E-state index in [0.29, 0.717) is 16.5 Å². The van der Waals surface area contributed by atoms with E-state index in [1.165, 1.54) is 12.3 Å². The van der Waals surface area contributed by atoms with E-state index in [0.717, 1.165) is 0 Å². The van der Waals surface area contributed by atoms with Crippen molar-refractivity contribution < 1.29 is 4.92 Å². The third-order valence-electron chi connectivity index (χ3n) is 2.01. The van der Waals surface area contributed by atoms with E-state index in [-0.39, 0.29) is 5.69 Å². The number of pyridine rings is 1. The molecule has 0 unspecified atom stereocenters. The average molecular weight is 199 g/mol. The number of fused-ring (bicyclic) bond motifs is 1. The number of aromatic nitrogens is 1. The van der Waals surface area contributed by atoms with Gasteiger partial charge in [-0.15, -0.1) is 0 Å². The van der Waals surface area contributed by atoms with Crippen LogP contribution in [-0.4, -0.2) is 9.91 Å². The minimum Gasteiger partial charge on any atom is -0.258 e. The van der Waals surface area contributed by atoms with Crippen LogP contribution in [0.15, 0.2) is 30.5 Å². The van der Waals surface area contributed by atoms with Gasteiger partial charge >= 0.3 is 0 Å². The van der Waals surface area contributed by atoms with Gasteiger partial charge in [-0.3, -0.25) is 10.1 Å². The van der Waals surface area contributed by atoms with Crippen LogP contribution in [0.4, 0.5) is 5.69 Å². The van der Waals surface area contributed by atoms with Gasteiger partial charge in [0.1, 0.15) is 6.20 Å². The molecular formula is C10H5N3O2. The quantitative estimate of drug-likeness (QED) is 0.519. The number of hydrogen-bond donors (Lipinski definition) is 0. The molecule has 5 heteroatoms. The number of hydrogen-bond acceptors (Lipinski definition) is 4. The zero-order valence-corrected chi connectivity index (χ0v) is 7.54. The van der Waals surface area contributed by atoms with E-state index in [1.54, 1.807) is 18.2 Å². The molecule has 2 rings (SSSR count). The van der Waals surface area contributed by atoms with Gasteiger partial charge in [0.25, 0.3) is 5.69 Å². The first-order valence-corrected chi connectivity index (χ1v) is 4.15. The molecule has 0 spiro atoms. The first-order chi connectivity index (χ1) is 7.20. The summed E-state index contributed by atoms with van der Waals surface area (Å²) in [7, 11) is 0. The van der Waals surface area contributed by atoms with Gasteiger partial charge < -0.3 is 0 Å². The van der Waals surface area contributed by atoms with Crippen molar-refractivity contribution in [1.82, 2.24) is 4.98 Å². The van der Waals surface area contributed by atoms with Crippen molar-refractivity contribution in [1.29, 1.82) is 5.26 Å². The average Bonchev–Trinajstić information content (AvgIpc) is 2.27. The van der Waals surface area contributed by atoms with Crippen molar-refractivity contribution in [2.24, 2.45) is 0 Å². The Morgan fingerprint density at radius 1 is 1.40 bits per heavy atom. The van der Waals surface area contributed by atoms with Crippen LogP contribution in [0.5, 0.6) is 0 Å². The van der Waals surface area contributed by atoms with Crippen LogP contribution in [0, 0.1) is 21.4 Å². The predicted molar refractivity (Wildman–Crippen MR) is 53.1 cm³/mol. The van der Waals surface area contributed by atoms with Crippen LogP contribution >= 0.6 is 0 Å². The minimum absolute atomic E-state index is 0.0717. The summed E-state index contributed by atoms with van der Waals surface area (Å²) in [6, 6.07) is 8.25. The molecule has 15 heavy (non-hydrogen) atoms. The molecule has 2 aromatic rings. The second-order valence-electron chi connectivity index (χ2n) is 2.97. The van der Waals surface area contributed by atoms with Crippen LogP contribution < -0.4 is 0 Å². The van der Waals surface area contributed by atoms with E-state index in [4.69, 9.17) is 5.26 Å². The van der Waals surface area contributed by atoms with Gasteiger partial charge in [-0.25, -0.2) is 4.98 Å². The van der Waals surface area contributed by atoms with Crippen LogP contribution in [0.25, 0.3) is 10.9 Å². The molecule has 0 saturated heterocycles. The fourth-order valence-electron chi connectivity index (χ4n) is 1.29. The molecule has 0 amide bonds. The Labute approximate surface area is 84.7 Å². The Balaban J connectivity index is 2.69. The van der Waals surface area contributed by atoms with Crippen molar-refractivity contribution in [2.75, 3.05) is 0 Å². The highest BCUT2D eigenvalue weighted by molar-refractivity contribution is 5.81. The van der Waals surface area contributed by atoms with Crippen molar-refractivity contribution >= 4 is 16.6 Å². The number of benzene rings is 1. The third-order valence-corrected chi connectivity index (χ3v) is 2.01. The van der Waals surface area contributed by atoms with Crippen molar-refractivity contribution in [2.45, 2.75) is 0 Å². The zero-order valence-electron chi connectivity index (χ0n) is 7.54. The fourth-order valence-corrected chi connectivity index (χ4v) is 1.29. The van der Waals surface area contributed by atoms with Crippen LogP contribution in [0.1, 0.15) is 5.56 Å². The summed E-state index contributed by atoms with van der Waals surface area (Å²) >= 11 is 0. The largest absolute Gasteiger partial charge is 0.288 e. The molecule has 72 valence electrons. The highest BCUT2D eigenvalue weighted by Gasteiger charge is 2.07. The molecule has 0 aliphatic rings. The summed E-state index contributed by atoms with van der Waals surface area (Å²) in [6.45, 7) is 0. The highest BCUT2D eigenvalue weighted by atomic mass is 16.6. The molecule has 0 fully saturated rings. The summed E-state index contributed by atoms with van der Waals surface area (Å²) in [5.41, 5.74) is 1.03. The van der Waals surface area contributed by atoms with E-state index < -0.39 is 4.92 Å². The smallest absolute Gasteiger partial charge is 0.258 e. The molecule has 1 heterocycles. The van der Waals surface area contributed by atoms with Crippen molar-refractivity contribution in [3.63, 3.8) is 0 Å². The summed E-state index contributed by atoms with van der Waals surface area (Å²) in [5, 5.41) is 19.8. The van der Waals surface area contributed by atoms with E-state index in [9.17, 15) is 10.1 Å². The van der Waals surface area contributed by atoms with Crippen LogP contribution in [-0.2, 0) is 0 Å². The second kappa shape index (κ2) is 3.35. The lowest BCUT2D eigenvalue weighted by molar-refractivity contribution is -0.385. The predicted octanol–water partition coefficient (Wildman–Crippen LogP) is 2.01. The molecule has 5 nitrogen and oxygen atoms in total. The summed E-state index contributed by atoms with van der Waals surface area (Å²) in [5.74, 6) is 0. The van der Waals surface area contributed by atoms with Crippen LogP contribution in [0.3, 0.4) is 0 Å². The molecule has 1 aromatic carbocycles. The first kappa shape index (κ1) is 9.09. The Hall–Kier alpha value is -2.48. The van der Waals surface area contributed by atoms with Crippen molar-refractivity contribution in [3.05, 3.63) is 46.1 Å². The monoisotopic (exact) mass is 199 g/mol. The Kier molecular flexibility index (Phi) is 2.03. The van der Waals surface area contributed by atoms with Crippen LogP contribution in [0.2, 0.25) is 0 Å². The number of nitro groups is 1. The zero-order chi connectivity index (χ0) is 10.8. The molecular weight excluding hydrogens is 194 g/mol. The topological polar surface area (TPSA) is 79.8 Å². The number of rotatable bonds is 1. The van der Waals surface area contributed by atoms with Gasteiger partial charge in [0, 0.05) is 11.5 Å². The van der Waals surface area contributed by atoms with Crippen molar-refractivity contribution in [3.8, 4) is 6.07 Å². The number of nitrogens with zero attached hydrogens (tertiary/aromatic N) is 3. The van der Waals surface area contributed by atoms with E-state index in [2.05, 4.69) is 4.98 Å². The molecule has 0 atom stereocenters. The van der Waals surface area contributed by atoms with Gasteiger partial charge in [0.15, 0.2) is 0 Å². The minimum atomic E-state index is -0.508. The SMILES string of the molecule is N#Cc1ccc2ncc([N+](=O)[O-])cc2c1. The molecule has 0 radical (unpaired) electrons. The second-order valence-corrected chi connectivity index (χ2v) is 2.97. The fraction of sp³-hybridized carbons (Fsp3) is 0. The third kappa shape index (κ3) is 1.60. The van der Waals surface area contributed by atoms with E-state index in [1.807, 2.05) is 6.07 Å². The standard InChI is InChI=1S/C10H5N3O2/c11-5-7-1-2-10-8(3-7)4-9(6-12-10)13(14)15/h1-4,6H. The first-order valence-electron chi connectivity index (χ1n) is 4.15. The lowest BCUT2D eigenvalue weighted by Crippen LogP contribution is -1.89. The summed E-state index contributed by atoms with van der Waals surface area (Å²) < 4.78 is 0. The number of nitriles is 1. The Morgan fingerprint density at radius 3 is 2.87 bits per heavy atom. The Bertz CT molecular complexity index is 587. The van der Waals surface area contributed by atoms with Gasteiger partial charge in [-0.1, -0.05) is 0 Å². The summed E-state index contributed by atoms with van der Waals surface area (Å²) in [6.07, 6.45) is 1.20. The highest BCUT2D eigenvalue weighted by Crippen LogP contribution is 2.19. The molecule has 1 aromatic heterocycles. The Morgan fingerprint density at radius 2 is 2.20 bits per heavy atom. The van der Waals surface area contributed by atoms with Gasteiger partial charge in [-0.2, -0.15) is 5.26 Å². The normalized spacial score (nSPS) is 9.80. The molecule has 0 bridgehead atoms. The summed E-state index contributed by atoms with van der Waals surface area (Å²) in [4.78, 5) is 13.9. The maximum absolute atomic E-state index is 10.5. The lowest BCUT2D eigenvalue weighted by atomic mass is 10.1. The molecule has 0 aliphatic carbocycles. The molecule has 0 N–H and O–H groups in total. The molecule has 0 aliphatic heterocycles. The maximum Gasteiger partial charge on any atom is 0.288 e. The van der Waals surface area contributed by atoms with Gasteiger partial charge in [0.05, 0.1) is 22.1 Å². The maximum atomic E-state index is 10.5.